The summed E-state index contributed by atoms with van der Waals surface area (Å²) in [6.45, 7) is 0. The van der Waals surface area contributed by atoms with E-state index in [1.54, 1.807) is 6.20 Å². The molecule has 66 valence electrons. The summed E-state index contributed by atoms with van der Waals surface area (Å²) >= 11 is 4.62. The summed E-state index contributed by atoms with van der Waals surface area (Å²) in [4.78, 5) is 14.3. The minimum absolute atomic E-state index is 0.283. The Morgan fingerprint density at radius 2 is 2.58 bits per heavy atom. The molecule has 0 aliphatic rings. The van der Waals surface area contributed by atoms with Crippen LogP contribution in [0.15, 0.2) is 9.98 Å². The Morgan fingerprint density at radius 1 is 1.92 bits per heavy atom. The smallest absolute Gasteiger partial charge is 0.320 e. The van der Waals surface area contributed by atoms with Gasteiger partial charge in [-0.2, -0.15) is 0 Å². The molecule has 0 bridgehead atoms. The van der Waals surface area contributed by atoms with Gasteiger partial charge in [0.1, 0.15) is 6.04 Å². The lowest BCUT2D eigenvalue weighted by Gasteiger charge is -2.01. The molecular formula is C6H7BrN2O2S. The largest absolute Gasteiger partial charge is 0.480 e. The van der Waals surface area contributed by atoms with Crippen molar-refractivity contribution in [3.05, 3.63) is 15.0 Å². The molecule has 0 spiro atoms. The molecule has 0 aromatic carbocycles. The number of thiazole rings is 1. The van der Waals surface area contributed by atoms with Crippen LogP contribution in [0.2, 0.25) is 0 Å². The van der Waals surface area contributed by atoms with Crippen LogP contribution in [0.5, 0.6) is 0 Å². The van der Waals surface area contributed by atoms with Crippen LogP contribution in [0.1, 0.15) is 5.01 Å². The van der Waals surface area contributed by atoms with Gasteiger partial charge in [-0.15, -0.1) is 11.3 Å². The van der Waals surface area contributed by atoms with Gasteiger partial charge in [-0.25, -0.2) is 4.98 Å². The van der Waals surface area contributed by atoms with Gasteiger partial charge < -0.3 is 10.8 Å². The number of nitrogens with zero attached hydrogens (tertiary/aromatic N) is 1. The molecule has 0 aliphatic heterocycles. The number of carbonyl (C=O) groups is 1. The van der Waals surface area contributed by atoms with Gasteiger partial charge in [0.25, 0.3) is 0 Å². The number of carboxylic acids is 1. The van der Waals surface area contributed by atoms with Crippen molar-refractivity contribution >= 4 is 33.2 Å². The Labute approximate surface area is 81.5 Å². The van der Waals surface area contributed by atoms with Crippen molar-refractivity contribution in [2.24, 2.45) is 5.73 Å². The maximum absolute atomic E-state index is 10.4. The van der Waals surface area contributed by atoms with Gasteiger partial charge in [-0.1, -0.05) is 0 Å². The van der Waals surface area contributed by atoms with Gasteiger partial charge >= 0.3 is 5.97 Å². The molecule has 1 aromatic heterocycles. The summed E-state index contributed by atoms with van der Waals surface area (Å²) in [7, 11) is 0. The number of carboxylic acid groups (broad SMARTS) is 1. The molecule has 0 saturated carbocycles. The fourth-order valence-corrected chi connectivity index (χ4v) is 2.02. The highest BCUT2D eigenvalue weighted by Gasteiger charge is 2.13. The Kier molecular flexibility index (Phi) is 3.19. The Morgan fingerprint density at radius 3 is 3.00 bits per heavy atom. The minimum Gasteiger partial charge on any atom is -0.480 e. The summed E-state index contributed by atoms with van der Waals surface area (Å²) < 4.78 is 0.884. The summed E-state index contributed by atoms with van der Waals surface area (Å²) in [5, 5.41) is 9.22. The lowest BCUT2D eigenvalue weighted by molar-refractivity contribution is -0.138. The van der Waals surface area contributed by atoms with E-state index in [0.717, 1.165) is 8.79 Å². The van der Waals surface area contributed by atoms with Gasteiger partial charge in [0.05, 0.1) is 15.0 Å². The van der Waals surface area contributed by atoms with Crippen molar-refractivity contribution in [2.75, 3.05) is 0 Å². The van der Waals surface area contributed by atoms with Crippen molar-refractivity contribution in [3.63, 3.8) is 0 Å². The molecule has 1 heterocycles. The first-order chi connectivity index (χ1) is 5.59. The summed E-state index contributed by atoms with van der Waals surface area (Å²) in [6, 6.07) is -0.858. The molecule has 6 heteroatoms. The normalized spacial score (nSPS) is 12.8. The Hall–Kier alpha value is -0.460. The summed E-state index contributed by atoms with van der Waals surface area (Å²) in [5.41, 5.74) is 5.31. The lowest BCUT2D eigenvalue weighted by atomic mass is 10.2. The van der Waals surface area contributed by atoms with Crippen molar-refractivity contribution in [3.8, 4) is 0 Å². The van der Waals surface area contributed by atoms with Crippen molar-refractivity contribution in [2.45, 2.75) is 12.5 Å². The zero-order chi connectivity index (χ0) is 9.14. The van der Waals surface area contributed by atoms with E-state index in [0.29, 0.717) is 0 Å². The molecule has 1 atom stereocenters. The van der Waals surface area contributed by atoms with Crippen LogP contribution in [0, 0.1) is 0 Å². The predicted molar refractivity (Wildman–Crippen MR) is 49.1 cm³/mol. The van der Waals surface area contributed by atoms with Crippen LogP contribution in [0.4, 0.5) is 0 Å². The topological polar surface area (TPSA) is 76.2 Å². The molecule has 0 saturated heterocycles. The SMILES string of the molecule is N[C@@H](Cc1ncc(Br)s1)C(=O)O. The highest BCUT2D eigenvalue weighted by atomic mass is 79.9. The molecule has 0 aliphatic carbocycles. The van der Waals surface area contributed by atoms with Crippen molar-refractivity contribution < 1.29 is 9.90 Å². The van der Waals surface area contributed by atoms with E-state index in [1.807, 2.05) is 0 Å². The second kappa shape index (κ2) is 3.97. The number of aliphatic carboxylic acids is 1. The van der Waals surface area contributed by atoms with Gasteiger partial charge in [0.15, 0.2) is 0 Å². The van der Waals surface area contributed by atoms with E-state index in [1.165, 1.54) is 11.3 Å². The number of nitrogens with two attached hydrogens (primary N) is 1. The second-order valence-corrected chi connectivity index (χ2v) is 4.70. The molecule has 4 nitrogen and oxygen atoms in total. The van der Waals surface area contributed by atoms with Gasteiger partial charge in [0.2, 0.25) is 0 Å². The van der Waals surface area contributed by atoms with Crippen LogP contribution < -0.4 is 5.73 Å². The Balaban J connectivity index is 2.58. The zero-order valence-electron chi connectivity index (χ0n) is 6.03. The first-order valence-electron chi connectivity index (χ1n) is 3.18. The molecule has 1 rings (SSSR count). The quantitative estimate of drug-likeness (QED) is 0.835. The minimum atomic E-state index is -0.999. The van der Waals surface area contributed by atoms with E-state index in [9.17, 15) is 4.79 Å². The monoisotopic (exact) mass is 250 g/mol. The molecular weight excluding hydrogens is 244 g/mol. The van der Waals surface area contributed by atoms with E-state index in [4.69, 9.17) is 10.8 Å². The molecule has 0 radical (unpaired) electrons. The third-order valence-corrected chi connectivity index (χ3v) is 2.74. The first-order valence-corrected chi connectivity index (χ1v) is 4.79. The average Bonchev–Trinajstić information content (AvgIpc) is 2.35. The molecule has 1 aromatic rings. The van der Waals surface area contributed by atoms with Crippen LogP contribution in [-0.4, -0.2) is 22.1 Å². The van der Waals surface area contributed by atoms with Crippen LogP contribution in [0.3, 0.4) is 0 Å². The summed E-state index contributed by atoms with van der Waals surface area (Å²) in [6.07, 6.45) is 1.92. The van der Waals surface area contributed by atoms with E-state index in [2.05, 4.69) is 20.9 Å². The summed E-state index contributed by atoms with van der Waals surface area (Å²) in [5.74, 6) is -0.999. The number of halogens is 1. The van der Waals surface area contributed by atoms with Crippen molar-refractivity contribution in [1.29, 1.82) is 0 Å². The van der Waals surface area contributed by atoms with Gasteiger partial charge in [0, 0.05) is 6.42 Å². The molecule has 0 fully saturated rings. The Bertz CT molecular complexity index is 289. The van der Waals surface area contributed by atoms with E-state index < -0.39 is 12.0 Å². The third kappa shape index (κ3) is 2.54. The number of aromatic nitrogens is 1. The fraction of sp³-hybridized carbons (Fsp3) is 0.333. The number of hydrogen-bond acceptors (Lipinski definition) is 4. The third-order valence-electron chi connectivity index (χ3n) is 1.24. The maximum atomic E-state index is 10.4. The highest BCUT2D eigenvalue weighted by molar-refractivity contribution is 9.11. The fourth-order valence-electron chi connectivity index (χ4n) is 0.658. The van der Waals surface area contributed by atoms with Crippen LogP contribution >= 0.6 is 27.3 Å². The van der Waals surface area contributed by atoms with E-state index >= 15 is 0 Å². The standard InChI is InChI=1S/C6H7BrN2O2S/c7-4-2-9-5(12-4)1-3(8)6(10)11/h2-3H,1,8H2,(H,10,11)/t3-/m0/s1. The maximum Gasteiger partial charge on any atom is 0.320 e. The average molecular weight is 251 g/mol. The molecule has 0 amide bonds. The van der Waals surface area contributed by atoms with Crippen LogP contribution in [0.25, 0.3) is 0 Å². The predicted octanol–water partition coefficient (Wildman–Crippen LogP) is 0.860. The number of hydrogen-bond donors (Lipinski definition) is 2. The molecule has 12 heavy (non-hydrogen) atoms. The number of rotatable bonds is 3. The van der Waals surface area contributed by atoms with E-state index in [-0.39, 0.29) is 6.42 Å². The van der Waals surface area contributed by atoms with Crippen molar-refractivity contribution in [1.82, 2.24) is 4.98 Å². The molecule has 3 N–H and O–H groups in total. The van der Waals surface area contributed by atoms with Gasteiger partial charge in [-0.3, -0.25) is 4.79 Å². The zero-order valence-corrected chi connectivity index (χ0v) is 8.43. The first kappa shape index (κ1) is 9.63. The second-order valence-electron chi connectivity index (χ2n) is 2.21. The highest BCUT2D eigenvalue weighted by Crippen LogP contribution is 2.19. The van der Waals surface area contributed by atoms with Crippen LogP contribution in [-0.2, 0) is 11.2 Å². The van der Waals surface area contributed by atoms with Gasteiger partial charge in [-0.05, 0) is 15.9 Å². The molecule has 0 unspecified atom stereocenters. The lowest BCUT2D eigenvalue weighted by Crippen LogP contribution is -2.32.